The molecule has 0 amide bonds. The molecule has 0 fully saturated rings. The predicted molar refractivity (Wildman–Crippen MR) is 61.5 cm³/mol. The SMILES string of the molecule is CCN(CCC#N)c1ccccc1C(=O)O. The second-order valence-corrected chi connectivity index (χ2v) is 3.31. The zero-order valence-electron chi connectivity index (χ0n) is 9.18. The summed E-state index contributed by atoms with van der Waals surface area (Å²) in [4.78, 5) is 12.9. The summed E-state index contributed by atoms with van der Waals surface area (Å²) in [5.41, 5.74) is 0.954. The predicted octanol–water partition coefficient (Wildman–Crippen LogP) is 2.12. The Hall–Kier alpha value is -2.02. The first-order chi connectivity index (χ1) is 7.70. The van der Waals surface area contributed by atoms with E-state index in [-0.39, 0.29) is 5.56 Å². The van der Waals surface area contributed by atoms with E-state index < -0.39 is 5.97 Å². The third-order valence-electron chi connectivity index (χ3n) is 2.35. The standard InChI is InChI=1S/C12H14N2O2/c1-2-14(9-5-8-13)11-7-4-3-6-10(11)12(15)16/h3-4,6-7H,2,5,9H2,1H3,(H,15,16). The van der Waals surface area contributed by atoms with Crippen LogP contribution in [0.25, 0.3) is 0 Å². The fraction of sp³-hybridized carbons (Fsp3) is 0.333. The highest BCUT2D eigenvalue weighted by Crippen LogP contribution is 2.20. The number of hydrogen-bond donors (Lipinski definition) is 1. The van der Waals surface area contributed by atoms with E-state index in [1.54, 1.807) is 24.3 Å². The summed E-state index contributed by atoms with van der Waals surface area (Å²) < 4.78 is 0. The molecule has 1 N–H and O–H groups in total. The molecule has 0 saturated heterocycles. The average Bonchev–Trinajstić information content (AvgIpc) is 2.30. The van der Waals surface area contributed by atoms with Crippen molar-refractivity contribution in [3.05, 3.63) is 29.8 Å². The van der Waals surface area contributed by atoms with Crippen LogP contribution < -0.4 is 4.90 Å². The van der Waals surface area contributed by atoms with Crippen LogP contribution in [-0.4, -0.2) is 24.2 Å². The number of rotatable bonds is 5. The Kier molecular flexibility index (Phi) is 4.34. The van der Waals surface area contributed by atoms with Crippen LogP contribution in [0.15, 0.2) is 24.3 Å². The summed E-state index contributed by atoms with van der Waals surface area (Å²) in [5, 5.41) is 17.6. The van der Waals surface area contributed by atoms with Gasteiger partial charge in [-0.2, -0.15) is 5.26 Å². The van der Waals surface area contributed by atoms with Gasteiger partial charge >= 0.3 is 5.97 Å². The van der Waals surface area contributed by atoms with E-state index in [1.165, 1.54) is 0 Å². The minimum Gasteiger partial charge on any atom is -0.478 e. The van der Waals surface area contributed by atoms with Crippen LogP contribution in [0.3, 0.4) is 0 Å². The quantitative estimate of drug-likeness (QED) is 0.822. The Morgan fingerprint density at radius 1 is 1.50 bits per heavy atom. The lowest BCUT2D eigenvalue weighted by atomic mass is 10.1. The molecule has 1 aromatic rings. The molecular formula is C12H14N2O2. The van der Waals surface area contributed by atoms with Gasteiger partial charge < -0.3 is 10.0 Å². The Balaban J connectivity index is 3.00. The molecule has 4 heteroatoms. The van der Waals surface area contributed by atoms with Gasteiger partial charge in [0.25, 0.3) is 0 Å². The fourth-order valence-electron chi connectivity index (χ4n) is 1.56. The molecule has 84 valence electrons. The van der Waals surface area contributed by atoms with Crippen molar-refractivity contribution < 1.29 is 9.90 Å². The Bertz CT molecular complexity index is 410. The first-order valence-electron chi connectivity index (χ1n) is 5.15. The minimum absolute atomic E-state index is 0.280. The molecule has 16 heavy (non-hydrogen) atoms. The lowest BCUT2D eigenvalue weighted by Crippen LogP contribution is -2.25. The van der Waals surface area contributed by atoms with E-state index in [4.69, 9.17) is 10.4 Å². The van der Waals surface area contributed by atoms with E-state index >= 15 is 0 Å². The van der Waals surface area contributed by atoms with Gasteiger partial charge in [-0.1, -0.05) is 12.1 Å². The number of aromatic carboxylic acids is 1. The number of nitrogens with zero attached hydrogens (tertiary/aromatic N) is 2. The summed E-state index contributed by atoms with van der Waals surface area (Å²) in [7, 11) is 0. The molecule has 1 rings (SSSR count). The summed E-state index contributed by atoms with van der Waals surface area (Å²) >= 11 is 0. The maximum Gasteiger partial charge on any atom is 0.337 e. The van der Waals surface area contributed by atoms with Gasteiger partial charge in [-0.15, -0.1) is 0 Å². The van der Waals surface area contributed by atoms with Gasteiger partial charge in [0.05, 0.1) is 23.7 Å². The Morgan fingerprint density at radius 2 is 2.19 bits per heavy atom. The van der Waals surface area contributed by atoms with Crippen molar-refractivity contribution in [3.63, 3.8) is 0 Å². The maximum absolute atomic E-state index is 11.0. The molecule has 0 aromatic heterocycles. The van der Waals surface area contributed by atoms with Gasteiger partial charge in [-0.25, -0.2) is 4.79 Å². The van der Waals surface area contributed by atoms with Crippen molar-refractivity contribution in [2.75, 3.05) is 18.0 Å². The number of para-hydroxylation sites is 1. The van der Waals surface area contributed by atoms with Crippen LogP contribution in [-0.2, 0) is 0 Å². The largest absolute Gasteiger partial charge is 0.478 e. The van der Waals surface area contributed by atoms with Gasteiger partial charge in [-0.3, -0.25) is 0 Å². The molecule has 0 aliphatic rings. The lowest BCUT2D eigenvalue weighted by molar-refractivity contribution is 0.0697. The molecule has 0 bridgehead atoms. The van der Waals surface area contributed by atoms with Crippen molar-refractivity contribution in [1.29, 1.82) is 5.26 Å². The third-order valence-corrected chi connectivity index (χ3v) is 2.35. The number of benzene rings is 1. The summed E-state index contributed by atoms with van der Waals surface area (Å²) in [6, 6.07) is 8.91. The highest BCUT2D eigenvalue weighted by molar-refractivity contribution is 5.94. The van der Waals surface area contributed by atoms with E-state index in [2.05, 4.69) is 6.07 Å². The normalized spacial score (nSPS) is 9.50. The van der Waals surface area contributed by atoms with Gasteiger partial charge in [0.2, 0.25) is 0 Å². The number of carboxylic acid groups (broad SMARTS) is 1. The molecular weight excluding hydrogens is 204 g/mol. The molecule has 0 spiro atoms. The first-order valence-corrected chi connectivity index (χ1v) is 5.15. The summed E-state index contributed by atoms with van der Waals surface area (Å²) in [6.07, 6.45) is 0.391. The smallest absolute Gasteiger partial charge is 0.337 e. The van der Waals surface area contributed by atoms with Gasteiger partial charge in [0.15, 0.2) is 0 Å². The fourth-order valence-corrected chi connectivity index (χ4v) is 1.56. The molecule has 0 aliphatic carbocycles. The third kappa shape index (κ3) is 2.74. The van der Waals surface area contributed by atoms with E-state index in [9.17, 15) is 4.79 Å². The highest BCUT2D eigenvalue weighted by atomic mass is 16.4. The van der Waals surface area contributed by atoms with E-state index in [1.807, 2.05) is 11.8 Å². The molecule has 0 saturated carbocycles. The zero-order valence-corrected chi connectivity index (χ0v) is 9.18. The van der Waals surface area contributed by atoms with Gasteiger partial charge in [0, 0.05) is 13.1 Å². The molecule has 0 aliphatic heterocycles. The van der Waals surface area contributed by atoms with Crippen molar-refractivity contribution in [1.82, 2.24) is 0 Å². The lowest BCUT2D eigenvalue weighted by Gasteiger charge is -2.23. The van der Waals surface area contributed by atoms with Crippen molar-refractivity contribution >= 4 is 11.7 Å². The van der Waals surface area contributed by atoms with Crippen LogP contribution in [0, 0.1) is 11.3 Å². The highest BCUT2D eigenvalue weighted by Gasteiger charge is 2.13. The van der Waals surface area contributed by atoms with Crippen LogP contribution in [0.2, 0.25) is 0 Å². The molecule has 4 nitrogen and oxygen atoms in total. The van der Waals surface area contributed by atoms with Crippen LogP contribution in [0.5, 0.6) is 0 Å². The van der Waals surface area contributed by atoms with E-state index in [0.717, 1.165) is 0 Å². The zero-order chi connectivity index (χ0) is 12.0. The average molecular weight is 218 g/mol. The maximum atomic E-state index is 11.0. The van der Waals surface area contributed by atoms with Crippen LogP contribution in [0.1, 0.15) is 23.7 Å². The Labute approximate surface area is 94.7 Å². The van der Waals surface area contributed by atoms with Crippen molar-refractivity contribution in [3.8, 4) is 6.07 Å². The summed E-state index contributed by atoms with van der Waals surface area (Å²) in [6.45, 7) is 3.18. The molecule has 0 radical (unpaired) electrons. The number of carbonyl (C=O) groups is 1. The second kappa shape index (κ2) is 5.76. The second-order valence-electron chi connectivity index (χ2n) is 3.31. The first kappa shape index (κ1) is 12.1. The molecule has 0 heterocycles. The number of hydrogen-bond acceptors (Lipinski definition) is 3. The van der Waals surface area contributed by atoms with Gasteiger partial charge in [-0.05, 0) is 19.1 Å². The molecule has 0 atom stereocenters. The van der Waals surface area contributed by atoms with Gasteiger partial charge in [0.1, 0.15) is 0 Å². The van der Waals surface area contributed by atoms with E-state index in [0.29, 0.717) is 25.2 Å². The Morgan fingerprint density at radius 3 is 2.75 bits per heavy atom. The molecule has 0 unspecified atom stereocenters. The topological polar surface area (TPSA) is 64.3 Å². The number of nitriles is 1. The van der Waals surface area contributed by atoms with Crippen molar-refractivity contribution in [2.45, 2.75) is 13.3 Å². The molecule has 1 aromatic carbocycles. The number of carboxylic acids is 1. The van der Waals surface area contributed by atoms with Crippen LogP contribution in [0.4, 0.5) is 5.69 Å². The minimum atomic E-state index is -0.939. The monoisotopic (exact) mass is 218 g/mol. The van der Waals surface area contributed by atoms with Crippen LogP contribution >= 0.6 is 0 Å². The summed E-state index contributed by atoms with van der Waals surface area (Å²) in [5.74, 6) is -0.939. The number of anilines is 1. The van der Waals surface area contributed by atoms with Crippen molar-refractivity contribution in [2.24, 2.45) is 0 Å².